The maximum absolute atomic E-state index is 12.9. The molecule has 0 bridgehead atoms. The number of halogens is 1. The minimum atomic E-state index is -0.237. The number of imidazole rings is 1. The number of carbonyl (C=O) groups excluding carboxylic acids is 1. The van der Waals surface area contributed by atoms with Gasteiger partial charge in [-0.3, -0.25) is 9.78 Å². The van der Waals surface area contributed by atoms with Crippen LogP contribution < -0.4 is 5.32 Å². The summed E-state index contributed by atoms with van der Waals surface area (Å²) in [6.07, 6.45) is 4.48. The Balaban J connectivity index is 1.81. The minimum absolute atomic E-state index is 0.0111. The Hall–Kier alpha value is -2.05. The predicted octanol–water partition coefficient (Wildman–Crippen LogP) is 4.93. The number of fused-ring (bicyclic) bond motifs is 1. The highest BCUT2D eigenvalue weighted by molar-refractivity contribution is 8.00. The zero-order chi connectivity index (χ0) is 20.1. The highest BCUT2D eigenvalue weighted by atomic mass is 35.5. The number of pyridine rings is 1. The number of thioether (sulfide) groups is 1. The van der Waals surface area contributed by atoms with Crippen molar-refractivity contribution in [3.63, 3.8) is 0 Å². The Labute approximate surface area is 174 Å². The molecule has 2 heterocycles. The summed E-state index contributed by atoms with van der Waals surface area (Å²) in [4.78, 5) is 21.7. The van der Waals surface area contributed by atoms with E-state index in [0.717, 1.165) is 34.7 Å². The van der Waals surface area contributed by atoms with Crippen LogP contribution in [-0.2, 0) is 17.9 Å². The largest absolute Gasteiger partial charge is 0.351 e. The van der Waals surface area contributed by atoms with E-state index in [9.17, 15) is 4.79 Å². The number of benzene rings is 1. The van der Waals surface area contributed by atoms with Crippen molar-refractivity contribution in [2.45, 2.75) is 50.7 Å². The first-order valence-electron chi connectivity index (χ1n) is 9.48. The highest BCUT2D eigenvalue weighted by Crippen LogP contribution is 2.32. The fourth-order valence-electron chi connectivity index (χ4n) is 3.01. The second-order valence-corrected chi connectivity index (χ2v) is 8.59. The van der Waals surface area contributed by atoms with Crippen molar-refractivity contribution in [3.8, 4) is 0 Å². The maximum atomic E-state index is 12.9. The van der Waals surface area contributed by atoms with Crippen molar-refractivity contribution in [2.75, 3.05) is 0 Å². The standard InChI is InChI=1S/C21H25ClN4OS/c1-4-10-26-18-8-7-16(22)11-17(18)25-21(26)28-19(14(2)3)20(27)24-13-15-6-5-9-23-12-15/h5-9,11-12,14,19H,4,10,13H2,1-3H3,(H,24,27). The second-order valence-electron chi connectivity index (χ2n) is 7.04. The molecule has 0 saturated carbocycles. The summed E-state index contributed by atoms with van der Waals surface area (Å²) in [6.45, 7) is 7.58. The second kappa shape index (κ2) is 9.43. The van der Waals surface area contributed by atoms with Crippen LogP contribution in [-0.4, -0.2) is 25.7 Å². The number of rotatable bonds is 8. The molecule has 0 radical (unpaired) electrons. The van der Waals surface area contributed by atoms with Crippen LogP contribution in [0.4, 0.5) is 0 Å². The van der Waals surface area contributed by atoms with Crippen LogP contribution in [0.1, 0.15) is 32.8 Å². The smallest absolute Gasteiger partial charge is 0.234 e. The molecular weight excluding hydrogens is 392 g/mol. The van der Waals surface area contributed by atoms with Crippen molar-refractivity contribution in [3.05, 3.63) is 53.3 Å². The first-order valence-corrected chi connectivity index (χ1v) is 10.7. The van der Waals surface area contributed by atoms with E-state index in [1.807, 2.05) is 30.3 Å². The van der Waals surface area contributed by atoms with E-state index in [1.165, 1.54) is 11.8 Å². The summed E-state index contributed by atoms with van der Waals surface area (Å²) < 4.78 is 2.18. The average molecular weight is 417 g/mol. The van der Waals surface area contributed by atoms with E-state index in [-0.39, 0.29) is 17.1 Å². The molecule has 28 heavy (non-hydrogen) atoms. The van der Waals surface area contributed by atoms with Gasteiger partial charge in [0, 0.05) is 30.5 Å². The van der Waals surface area contributed by atoms with E-state index in [4.69, 9.17) is 16.6 Å². The number of aromatic nitrogens is 3. The lowest BCUT2D eigenvalue weighted by Gasteiger charge is -2.20. The number of nitrogens with zero attached hydrogens (tertiary/aromatic N) is 3. The van der Waals surface area contributed by atoms with Gasteiger partial charge >= 0.3 is 0 Å². The minimum Gasteiger partial charge on any atom is -0.351 e. The monoisotopic (exact) mass is 416 g/mol. The molecule has 0 aliphatic heterocycles. The molecule has 0 aliphatic carbocycles. The number of aryl methyl sites for hydroxylation is 1. The first-order chi connectivity index (χ1) is 13.5. The Kier molecular flexibility index (Phi) is 6.97. The summed E-state index contributed by atoms with van der Waals surface area (Å²) in [5.74, 6) is 0.175. The van der Waals surface area contributed by atoms with E-state index < -0.39 is 0 Å². The lowest BCUT2D eigenvalue weighted by Crippen LogP contribution is -2.35. The van der Waals surface area contributed by atoms with Crippen molar-refractivity contribution < 1.29 is 4.79 Å². The molecule has 0 fully saturated rings. The fourth-order valence-corrected chi connectivity index (χ4v) is 4.33. The van der Waals surface area contributed by atoms with E-state index in [0.29, 0.717) is 11.6 Å². The predicted molar refractivity (Wildman–Crippen MR) is 116 cm³/mol. The summed E-state index contributed by atoms with van der Waals surface area (Å²) in [5, 5.41) is 4.32. The average Bonchev–Trinajstić information content (AvgIpc) is 3.01. The first kappa shape index (κ1) is 20.7. The van der Waals surface area contributed by atoms with Gasteiger partial charge in [0.05, 0.1) is 16.3 Å². The Morgan fingerprint density at radius 1 is 1.32 bits per heavy atom. The molecular formula is C21H25ClN4OS. The number of amides is 1. The topological polar surface area (TPSA) is 59.8 Å². The van der Waals surface area contributed by atoms with Crippen LogP contribution in [0.3, 0.4) is 0 Å². The van der Waals surface area contributed by atoms with Crippen LogP contribution >= 0.6 is 23.4 Å². The highest BCUT2D eigenvalue weighted by Gasteiger charge is 2.26. The third-order valence-corrected chi connectivity index (χ3v) is 6.18. The van der Waals surface area contributed by atoms with E-state index in [2.05, 4.69) is 35.6 Å². The van der Waals surface area contributed by atoms with E-state index >= 15 is 0 Å². The molecule has 1 aromatic carbocycles. The number of hydrogen-bond acceptors (Lipinski definition) is 4. The zero-order valence-corrected chi connectivity index (χ0v) is 17.9. The lowest BCUT2D eigenvalue weighted by molar-refractivity contribution is -0.121. The molecule has 1 N–H and O–H groups in total. The van der Waals surface area contributed by atoms with Crippen molar-refractivity contribution in [1.82, 2.24) is 19.9 Å². The van der Waals surface area contributed by atoms with Gasteiger partial charge in [-0.1, -0.05) is 50.2 Å². The fraction of sp³-hybridized carbons (Fsp3) is 0.381. The molecule has 0 saturated heterocycles. The third-order valence-electron chi connectivity index (χ3n) is 4.41. The molecule has 5 nitrogen and oxygen atoms in total. The Morgan fingerprint density at radius 2 is 2.14 bits per heavy atom. The molecule has 0 spiro atoms. The van der Waals surface area contributed by atoms with Gasteiger partial charge in [0.15, 0.2) is 5.16 Å². The van der Waals surface area contributed by atoms with Crippen LogP contribution in [0.2, 0.25) is 5.02 Å². The van der Waals surface area contributed by atoms with Gasteiger partial charge < -0.3 is 9.88 Å². The van der Waals surface area contributed by atoms with Gasteiger partial charge in [0.25, 0.3) is 0 Å². The van der Waals surface area contributed by atoms with Crippen LogP contribution in [0.5, 0.6) is 0 Å². The van der Waals surface area contributed by atoms with Crippen LogP contribution in [0.25, 0.3) is 11.0 Å². The Morgan fingerprint density at radius 3 is 2.82 bits per heavy atom. The molecule has 3 rings (SSSR count). The third kappa shape index (κ3) is 4.86. The molecule has 148 valence electrons. The molecule has 1 amide bonds. The van der Waals surface area contributed by atoms with Gasteiger partial charge in [-0.05, 0) is 42.2 Å². The van der Waals surface area contributed by atoms with Gasteiger partial charge in [0.1, 0.15) is 0 Å². The van der Waals surface area contributed by atoms with Gasteiger partial charge in [-0.25, -0.2) is 4.98 Å². The number of carbonyl (C=O) groups is 1. The zero-order valence-electron chi connectivity index (χ0n) is 16.4. The summed E-state index contributed by atoms with van der Waals surface area (Å²) >= 11 is 7.66. The molecule has 1 unspecified atom stereocenters. The van der Waals surface area contributed by atoms with Crippen LogP contribution in [0.15, 0.2) is 47.9 Å². The van der Waals surface area contributed by atoms with Crippen molar-refractivity contribution in [1.29, 1.82) is 0 Å². The molecule has 3 aromatic rings. The van der Waals surface area contributed by atoms with Gasteiger partial charge in [-0.2, -0.15) is 0 Å². The number of hydrogen-bond donors (Lipinski definition) is 1. The van der Waals surface area contributed by atoms with E-state index in [1.54, 1.807) is 12.4 Å². The summed E-state index contributed by atoms with van der Waals surface area (Å²) in [6, 6.07) is 9.58. The van der Waals surface area contributed by atoms with Gasteiger partial charge in [0.2, 0.25) is 5.91 Å². The quantitative estimate of drug-likeness (QED) is 0.529. The van der Waals surface area contributed by atoms with Crippen LogP contribution in [0, 0.1) is 5.92 Å². The molecule has 7 heteroatoms. The van der Waals surface area contributed by atoms with Gasteiger partial charge in [-0.15, -0.1) is 0 Å². The molecule has 0 aliphatic rings. The lowest BCUT2D eigenvalue weighted by atomic mass is 10.1. The SMILES string of the molecule is CCCn1c(SC(C(=O)NCc2cccnc2)C(C)C)nc2cc(Cl)ccc21. The van der Waals surface area contributed by atoms with Crippen molar-refractivity contribution in [2.24, 2.45) is 5.92 Å². The molecule has 2 aromatic heterocycles. The Bertz CT molecular complexity index is 942. The summed E-state index contributed by atoms with van der Waals surface area (Å²) in [7, 11) is 0. The summed E-state index contributed by atoms with van der Waals surface area (Å²) in [5.41, 5.74) is 2.89. The normalized spacial score (nSPS) is 12.5. The van der Waals surface area contributed by atoms with Crippen molar-refractivity contribution >= 4 is 40.3 Å². The maximum Gasteiger partial charge on any atom is 0.234 e. The number of nitrogens with one attached hydrogen (secondary N) is 1. The molecule has 1 atom stereocenters.